The van der Waals surface area contributed by atoms with E-state index in [2.05, 4.69) is 0 Å². The molecule has 0 spiro atoms. The number of hydrogen-bond acceptors (Lipinski definition) is 1. The first-order valence-corrected chi connectivity index (χ1v) is 3.89. The van der Waals surface area contributed by atoms with Gasteiger partial charge in [0.2, 0.25) is 0 Å². The second-order valence-corrected chi connectivity index (χ2v) is 2.63. The van der Waals surface area contributed by atoms with Gasteiger partial charge in [0.05, 0.1) is 0 Å². The lowest BCUT2D eigenvalue weighted by Gasteiger charge is -2.13. The molecule has 0 aliphatic rings. The molecule has 0 saturated heterocycles. The lowest BCUT2D eigenvalue weighted by molar-refractivity contribution is -0.187. The summed E-state index contributed by atoms with van der Waals surface area (Å²) in [6.45, 7) is -0.0604. The summed E-state index contributed by atoms with van der Waals surface area (Å²) in [4.78, 5) is 10.6. The minimum atomic E-state index is -4.67. The smallest absolute Gasteiger partial charge is 0.272 e. The second-order valence-electron chi connectivity index (χ2n) is 2.63. The molecule has 1 amide bonds. The van der Waals surface area contributed by atoms with Crippen LogP contribution in [-0.4, -0.2) is 23.8 Å². The Kier molecular flexibility index (Phi) is 4.72. The van der Waals surface area contributed by atoms with Crippen LogP contribution in [0.2, 0.25) is 0 Å². The van der Waals surface area contributed by atoms with Crippen LogP contribution in [0.25, 0.3) is 0 Å². The first-order chi connectivity index (χ1) is 5.87. The Hall–Kier alpha value is -0.810. The van der Waals surface area contributed by atoms with Gasteiger partial charge in [0.25, 0.3) is 5.91 Å². The van der Waals surface area contributed by atoms with Gasteiger partial charge in [-0.25, -0.2) is 0 Å². The fourth-order valence-electron chi connectivity index (χ4n) is 0.695. The fraction of sp³-hybridized carbons (Fsp3) is 0.857. The lowest BCUT2D eigenvalue weighted by atomic mass is 10.2. The van der Waals surface area contributed by atoms with Gasteiger partial charge >= 0.3 is 6.18 Å². The third-order valence-corrected chi connectivity index (χ3v) is 1.33. The number of rotatable bonds is 4. The van der Waals surface area contributed by atoms with Crippen molar-refractivity contribution in [2.45, 2.75) is 32.4 Å². The molecule has 6 heteroatoms. The van der Waals surface area contributed by atoms with Gasteiger partial charge in [-0.15, -0.1) is 0 Å². The molecule has 78 valence electrons. The minimum Gasteiger partial charge on any atom is -0.272 e. The Balaban J connectivity index is 3.83. The van der Waals surface area contributed by atoms with Crippen LogP contribution in [-0.2, 0) is 4.79 Å². The topological polar surface area (TPSA) is 20.3 Å². The molecule has 0 aliphatic carbocycles. The van der Waals surface area contributed by atoms with Gasteiger partial charge in [0, 0.05) is 6.42 Å². The summed E-state index contributed by atoms with van der Waals surface area (Å²) in [5, 5.41) is -0.782. The minimum absolute atomic E-state index is 0.178. The molecular formula is C7H11F4NO. The van der Waals surface area contributed by atoms with Crippen LogP contribution in [0.1, 0.15) is 26.2 Å². The third-order valence-electron chi connectivity index (χ3n) is 1.33. The molecule has 0 aromatic heterocycles. The quantitative estimate of drug-likeness (QED) is 0.505. The van der Waals surface area contributed by atoms with Crippen LogP contribution < -0.4 is 0 Å². The summed E-state index contributed by atoms with van der Waals surface area (Å²) in [5.41, 5.74) is 0. The van der Waals surface area contributed by atoms with Gasteiger partial charge < -0.3 is 0 Å². The number of unbranched alkanes of at least 4 members (excludes halogenated alkanes) is 1. The van der Waals surface area contributed by atoms with E-state index >= 15 is 0 Å². The highest BCUT2D eigenvalue weighted by atomic mass is 19.4. The number of amides is 1. The van der Waals surface area contributed by atoms with Gasteiger partial charge in [-0.05, 0) is 6.42 Å². The van der Waals surface area contributed by atoms with Gasteiger partial charge in [0.15, 0.2) is 0 Å². The monoisotopic (exact) mass is 201 g/mol. The van der Waals surface area contributed by atoms with Crippen LogP contribution in [0.4, 0.5) is 17.7 Å². The van der Waals surface area contributed by atoms with Crippen molar-refractivity contribution in [3.63, 3.8) is 0 Å². The largest absolute Gasteiger partial charge is 0.408 e. The van der Waals surface area contributed by atoms with Crippen LogP contribution in [0.3, 0.4) is 0 Å². The number of halogens is 4. The molecule has 0 radical (unpaired) electrons. The normalized spacial score (nSPS) is 11.5. The maximum absolute atomic E-state index is 12.4. The molecule has 0 aliphatic heterocycles. The van der Waals surface area contributed by atoms with Gasteiger partial charge in [0.1, 0.15) is 6.54 Å². The fourth-order valence-corrected chi connectivity index (χ4v) is 0.695. The molecule has 0 aromatic rings. The standard InChI is InChI=1S/C7H11F4NO/c1-2-3-4-6(13)12(11)5-7(8,9)10/h2-5H2,1H3. The second kappa shape index (κ2) is 5.04. The summed E-state index contributed by atoms with van der Waals surface area (Å²) < 4.78 is 47.0. The summed E-state index contributed by atoms with van der Waals surface area (Å²) in [6, 6.07) is 0. The summed E-state index contributed by atoms with van der Waals surface area (Å²) >= 11 is 0. The molecule has 0 unspecified atom stereocenters. The maximum Gasteiger partial charge on any atom is 0.408 e. The molecule has 0 rings (SSSR count). The maximum atomic E-state index is 12.4. The van der Waals surface area contributed by atoms with Crippen molar-refractivity contribution >= 4 is 5.91 Å². The van der Waals surface area contributed by atoms with Crippen molar-refractivity contribution in [1.82, 2.24) is 5.12 Å². The van der Waals surface area contributed by atoms with Crippen LogP contribution in [0, 0.1) is 0 Å². The van der Waals surface area contributed by atoms with E-state index in [0.29, 0.717) is 12.8 Å². The average molecular weight is 201 g/mol. The first-order valence-electron chi connectivity index (χ1n) is 3.89. The highest BCUT2D eigenvalue weighted by molar-refractivity contribution is 5.74. The van der Waals surface area contributed by atoms with E-state index in [0.717, 1.165) is 0 Å². The zero-order chi connectivity index (χ0) is 10.5. The summed E-state index contributed by atoms with van der Waals surface area (Å²) in [5.74, 6) is -1.11. The number of carbonyl (C=O) groups excluding carboxylic acids is 1. The lowest BCUT2D eigenvalue weighted by Crippen LogP contribution is -2.32. The molecule has 2 nitrogen and oxygen atoms in total. The van der Waals surface area contributed by atoms with E-state index in [4.69, 9.17) is 0 Å². The van der Waals surface area contributed by atoms with Crippen LogP contribution in [0.5, 0.6) is 0 Å². The predicted molar refractivity (Wildman–Crippen MR) is 38.4 cm³/mol. The molecule has 0 aromatic carbocycles. The van der Waals surface area contributed by atoms with Crippen molar-refractivity contribution in [1.29, 1.82) is 0 Å². The SMILES string of the molecule is CCCCC(=O)N(F)CC(F)(F)F. The highest BCUT2D eigenvalue weighted by Gasteiger charge is 2.33. The first kappa shape index (κ1) is 12.2. The predicted octanol–water partition coefficient (Wildman–Crippen LogP) is 2.45. The number of alkyl halides is 3. The number of hydrogen-bond donors (Lipinski definition) is 0. The Morgan fingerprint density at radius 2 is 1.92 bits per heavy atom. The highest BCUT2D eigenvalue weighted by Crippen LogP contribution is 2.17. The molecule has 0 N–H and O–H groups in total. The van der Waals surface area contributed by atoms with Gasteiger partial charge in [-0.3, -0.25) is 4.79 Å². The third kappa shape index (κ3) is 6.36. The average Bonchev–Trinajstić information content (AvgIpc) is 1.96. The van der Waals surface area contributed by atoms with Crippen molar-refractivity contribution < 1.29 is 22.4 Å². The van der Waals surface area contributed by atoms with Gasteiger partial charge in [-0.2, -0.15) is 18.3 Å². The zero-order valence-corrected chi connectivity index (χ0v) is 7.20. The van der Waals surface area contributed by atoms with E-state index in [1.165, 1.54) is 0 Å². The van der Waals surface area contributed by atoms with Crippen LogP contribution >= 0.6 is 0 Å². The molecule has 0 fully saturated rings. The van der Waals surface area contributed by atoms with Crippen molar-refractivity contribution in [2.75, 3.05) is 6.54 Å². The molecule has 0 bridgehead atoms. The molecule has 0 atom stereocenters. The van der Waals surface area contributed by atoms with E-state index in [-0.39, 0.29) is 6.42 Å². The molecule has 13 heavy (non-hydrogen) atoms. The number of nitrogens with zero attached hydrogens (tertiary/aromatic N) is 1. The Labute approximate surface area is 73.4 Å². The van der Waals surface area contributed by atoms with Crippen molar-refractivity contribution in [2.24, 2.45) is 0 Å². The van der Waals surface area contributed by atoms with Crippen LogP contribution in [0.15, 0.2) is 0 Å². The van der Waals surface area contributed by atoms with Crippen molar-refractivity contribution in [3.05, 3.63) is 0 Å². The van der Waals surface area contributed by atoms with Gasteiger partial charge in [-0.1, -0.05) is 17.8 Å². The van der Waals surface area contributed by atoms with E-state index in [1.54, 1.807) is 6.92 Å². The Morgan fingerprint density at radius 3 is 2.31 bits per heavy atom. The summed E-state index contributed by atoms with van der Waals surface area (Å²) in [6.07, 6.45) is -3.80. The number of carbonyl (C=O) groups is 1. The molecular weight excluding hydrogens is 190 g/mol. The molecule has 0 heterocycles. The van der Waals surface area contributed by atoms with E-state index in [9.17, 15) is 22.4 Å². The Bertz CT molecular complexity index is 168. The Morgan fingerprint density at radius 1 is 1.38 bits per heavy atom. The molecule has 0 saturated carbocycles. The van der Waals surface area contributed by atoms with Crippen molar-refractivity contribution in [3.8, 4) is 0 Å². The van der Waals surface area contributed by atoms with E-state index < -0.39 is 23.8 Å². The zero-order valence-electron chi connectivity index (χ0n) is 7.20. The van der Waals surface area contributed by atoms with E-state index in [1.807, 2.05) is 0 Å². The summed E-state index contributed by atoms with van der Waals surface area (Å²) in [7, 11) is 0.